The maximum absolute atomic E-state index is 14.0. The number of hydrogen-bond acceptors (Lipinski definition) is 19. The maximum atomic E-state index is 14.0. The van der Waals surface area contributed by atoms with Gasteiger partial charge in [-0.1, -0.05) is 104 Å². The van der Waals surface area contributed by atoms with E-state index in [4.69, 9.17) is 44.3 Å². The second-order valence-electron chi connectivity index (χ2n) is 33.8. The Balaban J connectivity index is 0.000000188. The number of hydrogen-bond donors (Lipinski definition) is 10. The third kappa shape index (κ3) is 18.9. The lowest BCUT2D eigenvalue weighted by Crippen LogP contribution is -2.66. The summed E-state index contributed by atoms with van der Waals surface area (Å²) in [6.07, 6.45) is 3.95. The summed E-state index contributed by atoms with van der Waals surface area (Å²) in [4.78, 5) is 159. The predicted molar refractivity (Wildman–Crippen MR) is 409 cm³/mol. The fourth-order valence-electron chi connectivity index (χ4n) is 15.2. The van der Waals surface area contributed by atoms with Crippen molar-refractivity contribution in [3.8, 4) is 0 Å². The molecule has 4 unspecified atom stereocenters. The number of benzene rings is 3. The lowest BCUT2D eigenvalue weighted by Gasteiger charge is -2.50. The van der Waals surface area contributed by atoms with E-state index in [0.29, 0.717) is 101 Å². The van der Waals surface area contributed by atoms with E-state index in [2.05, 4.69) is 62.9 Å². The van der Waals surface area contributed by atoms with Crippen LogP contribution in [0.2, 0.25) is 15.1 Å². The molecular weight excluding hydrogens is 1540 g/mol. The number of urea groups is 4. The number of anilines is 2. The fraction of sp³-hybridized carbons (Fsp3) is 0.568. The Labute approximate surface area is 662 Å². The van der Waals surface area contributed by atoms with Crippen LogP contribution in [0.1, 0.15) is 164 Å². The van der Waals surface area contributed by atoms with Gasteiger partial charge in [0.05, 0.1) is 28.5 Å². The van der Waals surface area contributed by atoms with Gasteiger partial charge in [0, 0.05) is 119 Å². The first-order valence-corrected chi connectivity index (χ1v) is 36.8. The number of carbonyl (C=O) groups is 13. The van der Waals surface area contributed by atoms with Crippen LogP contribution in [-0.2, 0) is 33.4 Å². The molecule has 111 heavy (non-hydrogen) atoms. The van der Waals surface area contributed by atoms with E-state index in [-0.39, 0.29) is 81.3 Å². The Hall–Kier alpha value is -9.05. The Bertz CT molecular complexity index is 4350. The van der Waals surface area contributed by atoms with Crippen LogP contribution in [-0.4, -0.2) is 197 Å². The number of aldehydes is 2. The van der Waals surface area contributed by atoms with Crippen molar-refractivity contribution in [2.75, 3.05) is 75.2 Å². The molecule has 14 amide bonds. The summed E-state index contributed by atoms with van der Waals surface area (Å²) in [5.74, 6) is -3.45. The summed E-state index contributed by atoms with van der Waals surface area (Å²) in [6.45, 7) is 35.2. The van der Waals surface area contributed by atoms with Gasteiger partial charge in [-0.15, -0.1) is 12.4 Å². The molecule has 9 aliphatic rings. The number of nitrogens with one attached hydrogen (secondary N) is 10. The Morgan fingerprint density at radius 2 is 0.856 bits per heavy atom. The summed E-state index contributed by atoms with van der Waals surface area (Å²) in [6, 6.07) is 6.39. The lowest BCUT2D eigenvalue weighted by atomic mass is 9.67. The van der Waals surface area contributed by atoms with E-state index in [1.807, 2.05) is 128 Å². The first kappa shape index (κ1) is 89.2. The molecular formula is C74H98Cl4F3N15O15. The molecule has 10 N–H and O–H groups in total. The highest BCUT2D eigenvalue weighted by Gasteiger charge is 2.62. The number of amides is 14. The second-order valence-corrected chi connectivity index (χ2v) is 35.1. The third-order valence-corrected chi connectivity index (χ3v) is 22.1. The lowest BCUT2D eigenvalue weighted by molar-refractivity contribution is -0.132. The summed E-state index contributed by atoms with van der Waals surface area (Å²) >= 11 is 17.5. The normalized spacial score (nSPS) is 25.0. The number of ketones is 1. The molecule has 0 aliphatic carbocycles. The van der Waals surface area contributed by atoms with Gasteiger partial charge in [0.15, 0.2) is 12.6 Å². The largest absolute Gasteiger partial charge is 0.444 e. The van der Waals surface area contributed by atoms with Crippen molar-refractivity contribution in [1.82, 2.24) is 67.8 Å². The third-order valence-electron chi connectivity index (χ3n) is 21.4. The number of rotatable bonds is 4. The van der Waals surface area contributed by atoms with Gasteiger partial charge in [-0.25, -0.2) is 41.9 Å². The van der Waals surface area contributed by atoms with Gasteiger partial charge in [-0.3, -0.25) is 59.9 Å². The average Bonchev–Trinajstić information content (AvgIpc) is 1.65. The van der Waals surface area contributed by atoms with Crippen LogP contribution >= 0.6 is 47.2 Å². The van der Waals surface area contributed by atoms with Crippen molar-refractivity contribution in [1.29, 1.82) is 0 Å². The number of likely N-dealkylation sites (tertiary alicyclic amines) is 2. The minimum absolute atomic E-state index is 0. The molecule has 4 aromatic rings. The van der Waals surface area contributed by atoms with Gasteiger partial charge in [0.1, 0.15) is 56.6 Å². The van der Waals surface area contributed by atoms with E-state index < -0.39 is 102 Å². The highest BCUT2D eigenvalue weighted by molar-refractivity contribution is 6.32. The first-order valence-electron chi connectivity index (χ1n) is 35.6. The van der Waals surface area contributed by atoms with Crippen LogP contribution in [0.5, 0.6) is 0 Å². The van der Waals surface area contributed by atoms with Crippen LogP contribution in [0.3, 0.4) is 0 Å². The van der Waals surface area contributed by atoms with Crippen molar-refractivity contribution in [2.24, 2.45) is 27.1 Å². The maximum Gasteiger partial charge on any atom is 0.410 e. The van der Waals surface area contributed by atoms with E-state index in [1.165, 1.54) is 6.07 Å². The number of Topliss-reactive ketones (excluding diaryl/α,β-unsaturated/α-hetero) is 1. The smallest absolute Gasteiger partial charge is 0.410 e. The van der Waals surface area contributed by atoms with Crippen molar-refractivity contribution < 1.29 is 85.0 Å². The minimum atomic E-state index is -1.01. The monoisotopic (exact) mass is 1630 g/mol. The van der Waals surface area contributed by atoms with Crippen LogP contribution in [0.15, 0.2) is 42.6 Å². The highest BCUT2D eigenvalue weighted by Crippen LogP contribution is 2.47. The van der Waals surface area contributed by atoms with Crippen LogP contribution in [0.4, 0.5) is 53.3 Å². The molecule has 10 heterocycles. The molecule has 4 spiro atoms. The zero-order valence-electron chi connectivity index (χ0n) is 64.8. The average molecular weight is 1640 g/mol. The minimum Gasteiger partial charge on any atom is -0.444 e. The van der Waals surface area contributed by atoms with Crippen LogP contribution < -0.4 is 57.7 Å². The number of nitrogens with zero attached hydrogens (tertiary/aromatic N) is 5. The topological polar surface area (TPSA) is 390 Å². The number of imide groups is 4. The van der Waals surface area contributed by atoms with E-state index >= 15 is 0 Å². The molecule has 608 valence electrons. The second kappa shape index (κ2) is 32.9. The molecule has 9 fully saturated rings. The summed E-state index contributed by atoms with van der Waals surface area (Å²) in [7, 11) is 0. The molecule has 0 radical (unpaired) electrons. The van der Waals surface area contributed by atoms with Crippen molar-refractivity contribution in [3.05, 3.63) is 86.2 Å². The van der Waals surface area contributed by atoms with E-state index in [9.17, 15) is 75.5 Å². The van der Waals surface area contributed by atoms with Gasteiger partial charge in [-0.2, -0.15) is 5.10 Å². The number of ether oxygens (including phenoxy) is 2. The number of aromatic amines is 1. The first-order chi connectivity index (χ1) is 50.7. The molecule has 30 nitrogen and oxygen atoms in total. The zero-order valence-corrected chi connectivity index (χ0v) is 67.9. The SMILES string of the molecule is CC(C)(C)OC(=O)N1CCC(=O)C(C)(C)C1.CC(C)(C)OC(=O)N1CCC2(NC(=O)NC2=O)C(C)(C)C1.CC1(C)CN(c2cc(Cl)cc(F)c2C=O)CCC12NC(=O)NC2=O.CC1(C)CN(c2cc(Cl)cc3[nH]ncc23)CCC12NC(=O)NC2=O.CC1(C)CNCCC12NC(=O)NC2=O.Cl.O=Cc1c(F)cc(Cl)cc1F. The van der Waals surface area contributed by atoms with Crippen molar-refractivity contribution in [3.63, 3.8) is 0 Å². The number of halogens is 7. The van der Waals surface area contributed by atoms with E-state index in [0.717, 1.165) is 47.9 Å². The van der Waals surface area contributed by atoms with Crippen LogP contribution in [0.25, 0.3) is 10.9 Å². The number of carbonyl (C=O) groups excluding carboxylic acids is 13. The summed E-state index contributed by atoms with van der Waals surface area (Å²) in [5.41, 5.74) is -5.36. The summed E-state index contributed by atoms with van der Waals surface area (Å²) < 4.78 is 49.8. The molecule has 37 heteroatoms. The molecule has 9 aliphatic heterocycles. The van der Waals surface area contributed by atoms with Crippen molar-refractivity contribution >= 4 is 148 Å². The van der Waals surface area contributed by atoms with Gasteiger partial charge >= 0.3 is 36.3 Å². The fourth-order valence-corrected chi connectivity index (χ4v) is 15.8. The molecule has 13 rings (SSSR count). The molecule has 0 saturated carbocycles. The Morgan fingerprint density at radius 3 is 1.23 bits per heavy atom. The zero-order chi connectivity index (χ0) is 82.3. The molecule has 0 bridgehead atoms. The summed E-state index contributed by atoms with van der Waals surface area (Å²) in [5, 5.41) is 32.4. The number of piperidine rings is 5. The van der Waals surface area contributed by atoms with E-state index in [1.54, 1.807) is 16.0 Å². The molecule has 9 saturated heterocycles. The highest BCUT2D eigenvalue weighted by atomic mass is 35.5. The van der Waals surface area contributed by atoms with Gasteiger partial charge in [0.25, 0.3) is 23.6 Å². The Kier molecular flexibility index (Phi) is 26.5. The van der Waals surface area contributed by atoms with Crippen molar-refractivity contribution in [2.45, 2.75) is 176 Å². The predicted octanol–water partition coefficient (Wildman–Crippen LogP) is 10.0. The Morgan fingerprint density at radius 1 is 0.486 bits per heavy atom. The molecule has 4 atom stereocenters. The molecule has 1 aromatic heterocycles. The number of H-pyrrole nitrogens is 1. The standard InChI is InChI=1S/C16H17ClFN3O3.C16H18ClN5O2.C14H23N3O4.C12H21NO3.C9H15N3O2.C7H3ClF2O.ClH/c1-15(2)8-21(4-3-16(15)13(23)19-14(24)20-16)12-6-9(17)5-11(18)10(12)7-22;1-15(2)8-22(4-3-16(15)13(23)19-14(24)20-16)12-6-9(17)5-11-10(12)7-18-21-11;1-12(2,3)21-11(20)17-7-6-14(13(4,5)8-17)9(18)15-10(19)16-14;1-11(2,3)16-10(15)13-7-6-9(14)12(4,5)8-13;1-8(2)5-10-4-3-9(8)6(13)11-7(14)12-9;8-4-1-6(9)5(3-11)7(10)2-4;/h5-7H,3-4,8H2,1-2H3,(H2,19,20,23,24);5-7H,3-4,8H2,1-2H3,(H,18,21)(H2,19,20,23,24);6-8H2,1-5H3,(H2,15,16,18,19);6-8H2,1-5H3;10H,3-5H2,1-2H3,(H2,11,12,13,14);1-3H;1H. The number of aromatic nitrogens is 2. The van der Waals surface area contributed by atoms with Gasteiger partial charge in [0.2, 0.25) is 0 Å². The molecule has 3 aromatic carbocycles. The van der Waals surface area contributed by atoms with Gasteiger partial charge in [-0.05, 0) is 110 Å². The van der Waals surface area contributed by atoms with Gasteiger partial charge < -0.3 is 55.7 Å². The quantitative estimate of drug-likeness (QED) is 0.0670. The number of fused-ring (bicyclic) bond motifs is 1. The van der Waals surface area contributed by atoms with Crippen LogP contribution in [0, 0.1) is 44.5 Å².